The number of hydrogen-bond acceptors (Lipinski definition) is 4. The molecule has 2 heterocycles. The second kappa shape index (κ2) is 8.17. The number of carbonyl (C=O) groups excluding carboxylic acids is 2. The lowest BCUT2D eigenvalue weighted by molar-refractivity contribution is -0.137. The molecular weight excluding hydrogens is 371 g/mol. The molecule has 2 aromatic carbocycles. The Morgan fingerprint density at radius 1 is 1.00 bits per heavy atom. The molecule has 0 saturated carbocycles. The summed E-state index contributed by atoms with van der Waals surface area (Å²) >= 11 is 0. The second-order valence-corrected chi connectivity index (χ2v) is 7.28. The van der Waals surface area contributed by atoms with Crippen molar-refractivity contribution >= 4 is 17.4 Å². The molecule has 150 valence electrons. The van der Waals surface area contributed by atoms with Gasteiger partial charge in [0.25, 0.3) is 11.8 Å². The Hall–Kier alpha value is -2.99. The molecule has 6 heteroatoms. The van der Waals surface area contributed by atoms with Gasteiger partial charge in [-0.15, -0.1) is 0 Å². The van der Waals surface area contributed by atoms with E-state index in [1.165, 1.54) is 22.6 Å². The van der Waals surface area contributed by atoms with Crippen LogP contribution in [0.25, 0.3) is 5.57 Å². The van der Waals surface area contributed by atoms with Crippen molar-refractivity contribution in [1.29, 1.82) is 0 Å². The Labute approximate surface area is 169 Å². The van der Waals surface area contributed by atoms with Gasteiger partial charge in [-0.3, -0.25) is 14.5 Å². The Morgan fingerprint density at radius 3 is 2.45 bits per heavy atom. The van der Waals surface area contributed by atoms with Crippen LogP contribution in [0.1, 0.15) is 23.1 Å². The number of carbonyl (C=O) groups is 2. The van der Waals surface area contributed by atoms with Gasteiger partial charge in [-0.2, -0.15) is 0 Å². The topological polar surface area (TPSA) is 49.9 Å². The molecular formula is C23H23FN2O3. The average molecular weight is 394 g/mol. The van der Waals surface area contributed by atoms with Gasteiger partial charge in [0.2, 0.25) is 0 Å². The Kier molecular flexibility index (Phi) is 5.45. The third-order valence-electron chi connectivity index (χ3n) is 5.45. The van der Waals surface area contributed by atoms with Crippen LogP contribution in [0.15, 0.2) is 54.2 Å². The summed E-state index contributed by atoms with van der Waals surface area (Å²) in [6.45, 7) is 1.99. The van der Waals surface area contributed by atoms with Gasteiger partial charge in [0, 0.05) is 33.4 Å². The molecule has 0 fully saturated rings. The molecule has 2 aliphatic heterocycles. The van der Waals surface area contributed by atoms with Gasteiger partial charge < -0.3 is 9.64 Å². The van der Waals surface area contributed by atoms with Crippen LogP contribution in [0, 0.1) is 5.82 Å². The lowest BCUT2D eigenvalue weighted by atomic mass is 9.98. The quantitative estimate of drug-likeness (QED) is 0.558. The highest BCUT2D eigenvalue weighted by molar-refractivity contribution is 6.35. The minimum absolute atomic E-state index is 0.287. The summed E-state index contributed by atoms with van der Waals surface area (Å²) in [5.41, 5.74) is 3.75. The first kappa shape index (κ1) is 19.3. The molecule has 0 aliphatic carbocycles. The van der Waals surface area contributed by atoms with Gasteiger partial charge in [-0.1, -0.05) is 36.4 Å². The van der Waals surface area contributed by atoms with E-state index in [1.807, 2.05) is 17.0 Å². The summed E-state index contributed by atoms with van der Waals surface area (Å²) in [4.78, 5) is 29.7. The summed E-state index contributed by atoms with van der Waals surface area (Å²) in [5, 5.41) is 0. The minimum Gasteiger partial charge on any atom is -0.385 e. The van der Waals surface area contributed by atoms with E-state index >= 15 is 0 Å². The summed E-state index contributed by atoms with van der Waals surface area (Å²) in [5.74, 6) is -0.993. The van der Waals surface area contributed by atoms with Crippen LogP contribution in [-0.2, 0) is 27.3 Å². The van der Waals surface area contributed by atoms with E-state index in [0.717, 1.165) is 12.0 Å². The Bertz CT molecular complexity index is 968. The van der Waals surface area contributed by atoms with E-state index in [4.69, 9.17) is 4.74 Å². The van der Waals surface area contributed by atoms with E-state index < -0.39 is 0 Å². The van der Waals surface area contributed by atoms with Crippen LogP contribution >= 0.6 is 0 Å². The monoisotopic (exact) mass is 394 g/mol. The SMILES string of the molecule is COCCCN1C(=O)C(c2ccc(F)cc2)=C(N2CCc3ccccc3C2)C1=O. The lowest BCUT2D eigenvalue weighted by Gasteiger charge is -2.31. The molecule has 0 radical (unpaired) electrons. The molecule has 2 amide bonds. The predicted molar refractivity (Wildman–Crippen MR) is 107 cm³/mol. The van der Waals surface area contributed by atoms with Gasteiger partial charge in [-0.25, -0.2) is 4.39 Å². The van der Waals surface area contributed by atoms with E-state index in [1.54, 1.807) is 19.2 Å². The fourth-order valence-corrected chi connectivity index (χ4v) is 3.99. The number of hydrogen-bond donors (Lipinski definition) is 0. The highest BCUT2D eigenvalue weighted by Gasteiger charge is 2.41. The molecule has 0 bridgehead atoms. The zero-order chi connectivity index (χ0) is 20.4. The zero-order valence-electron chi connectivity index (χ0n) is 16.4. The Morgan fingerprint density at radius 2 is 1.72 bits per heavy atom. The average Bonchev–Trinajstić information content (AvgIpc) is 2.99. The maximum atomic E-state index is 13.4. The lowest BCUT2D eigenvalue weighted by Crippen LogP contribution is -2.38. The largest absolute Gasteiger partial charge is 0.385 e. The summed E-state index contributed by atoms with van der Waals surface area (Å²) in [7, 11) is 1.59. The standard InChI is InChI=1S/C23H23FN2O3/c1-29-14-4-12-26-22(27)20(17-7-9-19(24)10-8-17)21(23(26)28)25-13-11-16-5-2-3-6-18(16)15-25/h2-3,5-10H,4,11-15H2,1H3. The number of rotatable bonds is 6. The van der Waals surface area contributed by atoms with Crippen LogP contribution in [0.4, 0.5) is 4.39 Å². The fourth-order valence-electron chi connectivity index (χ4n) is 3.99. The number of ether oxygens (including phenoxy) is 1. The number of halogens is 1. The normalized spacial score (nSPS) is 16.6. The maximum absolute atomic E-state index is 13.4. The Balaban J connectivity index is 1.72. The van der Waals surface area contributed by atoms with E-state index in [9.17, 15) is 14.0 Å². The van der Waals surface area contributed by atoms with Crippen LogP contribution in [0.3, 0.4) is 0 Å². The first-order valence-electron chi connectivity index (χ1n) is 9.77. The van der Waals surface area contributed by atoms with Gasteiger partial charge in [0.1, 0.15) is 11.5 Å². The van der Waals surface area contributed by atoms with Crippen molar-refractivity contribution < 1.29 is 18.7 Å². The van der Waals surface area contributed by atoms with Gasteiger partial charge in [-0.05, 0) is 41.7 Å². The minimum atomic E-state index is -0.378. The molecule has 0 atom stereocenters. The smallest absolute Gasteiger partial charge is 0.277 e. The molecule has 0 spiro atoms. The summed E-state index contributed by atoms with van der Waals surface area (Å²) in [6.07, 6.45) is 1.38. The van der Waals surface area contributed by atoms with Crippen LogP contribution in [-0.4, -0.2) is 48.4 Å². The molecule has 2 aliphatic rings. The number of methoxy groups -OCH3 is 1. The fraction of sp³-hybridized carbons (Fsp3) is 0.304. The number of nitrogens with zero attached hydrogens (tertiary/aromatic N) is 2. The van der Waals surface area contributed by atoms with E-state index in [2.05, 4.69) is 12.1 Å². The van der Waals surface area contributed by atoms with Crippen molar-refractivity contribution in [2.45, 2.75) is 19.4 Å². The van der Waals surface area contributed by atoms with Crippen molar-refractivity contribution in [2.75, 3.05) is 26.8 Å². The van der Waals surface area contributed by atoms with Crippen molar-refractivity contribution in [3.8, 4) is 0 Å². The van der Waals surface area contributed by atoms with Crippen molar-refractivity contribution in [2.24, 2.45) is 0 Å². The van der Waals surface area contributed by atoms with Gasteiger partial charge in [0.15, 0.2) is 0 Å². The molecule has 0 N–H and O–H groups in total. The summed E-state index contributed by atoms with van der Waals surface area (Å²) < 4.78 is 18.5. The number of imide groups is 1. The van der Waals surface area contributed by atoms with Gasteiger partial charge in [0.05, 0.1) is 5.57 Å². The molecule has 0 saturated heterocycles. The number of amides is 2. The van der Waals surface area contributed by atoms with Crippen molar-refractivity contribution in [3.63, 3.8) is 0 Å². The zero-order valence-corrected chi connectivity index (χ0v) is 16.4. The molecule has 2 aromatic rings. The maximum Gasteiger partial charge on any atom is 0.277 e. The number of fused-ring (bicyclic) bond motifs is 1. The highest BCUT2D eigenvalue weighted by atomic mass is 19.1. The van der Waals surface area contributed by atoms with Crippen LogP contribution < -0.4 is 0 Å². The first-order chi connectivity index (χ1) is 14.1. The highest BCUT2D eigenvalue weighted by Crippen LogP contribution is 2.34. The molecule has 0 unspecified atom stereocenters. The predicted octanol–water partition coefficient (Wildman–Crippen LogP) is 3.00. The van der Waals surface area contributed by atoms with Crippen molar-refractivity contribution in [1.82, 2.24) is 9.80 Å². The third-order valence-corrected chi connectivity index (χ3v) is 5.45. The van der Waals surface area contributed by atoms with Crippen molar-refractivity contribution in [3.05, 3.63) is 76.7 Å². The first-order valence-corrected chi connectivity index (χ1v) is 9.77. The summed E-state index contributed by atoms with van der Waals surface area (Å²) in [6, 6.07) is 13.9. The number of benzene rings is 2. The molecule has 0 aromatic heterocycles. The van der Waals surface area contributed by atoms with E-state index in [-0.39, 0.29) is 17.6 Å². The van der Waals surface area contributed by atoms with E-state index in [0.29, 0.717) is 49.5 Å². The van der Waals surface area contributed by atoms with Gasteiger partial charge >= 0.3 is 0 Å². The molecule has 5 nitrogen and oxygen atoms in total. The van der Waals surface area contributed by atoms with Crippen LogP contribution in [0.5, 0.6) is 0 Å². The van der Waals surface area contributed by atoms with Crippen LogP contribution in [0.2, 0.25) is 0 Å². The third kappa shape index (κ3) is 3.68. The molecule has 4 rings (SSSR count). The molecule has 29 heavy (non-hydrogen) atoms. The second-order valence-electron chi connectivity index (χ2n) is 7.28.